The van der Waals surface area contributed by atoms with Gasteiger partial charge >= 0.3 is 0 Å². The number of hydrogen-bond donors (Lipinski definition) is 1. The van der Waals surface area contributed by atoms with E-state index in [9.17, 15) is 18.0 Å². The molecule has 1 aliphatic rings. The standard InChI is InChI=1S/C25H33N3O7S/c1-17(2)26-25(30)18(3)27(15-19-7-6-8-21(13-19)33-4)24(29)16-28(36(5,31)32)20-9-10-22-23(14-20)35-12-11-34-22/h6-10,13-14,17-18H,11-12,15-16H2,1-5H3,(H,26,30)/t18-/m0/s1. The predicted octanol–water partition coefficient (Wildman–Crippen LogP) is 2.17. The number of nitrogens with one attached hydrogen (secondary N) is 1. The highest BCUT2D eigenvalue weighted by atomic mass is 32.2. The topological polar surface area (TPSA) is 114 Å². The molecule has 1 atom stereocenters. The molecule has 10 nitrogen and oxygen atoms in total. The van der Waals surface area contributed by atoms with E-state index in [1.807, 2.05) is 19.9 Å². The van der Waals surface area contributed by atoms with E-state index in [0.29, 0.717) is 30.5 Å². The molecule has 0 aromatic heterocycles. The van der Waals surface area contributed by atoms with Crippen molar-refractivity contribution in [3.63, 3.8) is 0 Å². The van der Waals surface area contributed by atoms with Crippen LogP contribution in [0, 0.1) is 0 Å². The molecule has 1 N–H and O–H groups in total. The Morgan fingerprint density at radius 1 is 1.06 bits per heavy atom. The van der Waals surface area contributed by atoms with E-state index in [2.05, 4.69) is 5.32 Å². The molecule has 11 heteroatoms. The molecule has 0 bridgehead atoms. The van der Waals surface area contributed by atoms with E-state index >= 15 is 0 Å². The van der Waals surface area contributed by atoms with Crippen LogP contribution in [-0.4, -0.2) is 70.3 Å². The first-order valence-corrected chi connectivity index (χ1v) is 13.4. The summed E-state index contributed by atoms with van der Waals surface area (Å²) >= 11 is 0. The fourth-order valence-corrected chi connectivity index (χ4v) is 4.60. The average molecular weight is 520 g/mol. The quantitative estimate of drug-likeness (QED) is 0.512. The lowest BCUT2D eigenvalue weighted by Crippen LogP contribution is -2.52. The second-order valence-corrected chi connectivity index (χ2v) is 10.7. The van der Waals surface area contributed by atoms with Crippen LogP contribution in [0.3, 0.4) is 0 Å². The zero-order valence-corrected chi connectivity index (χ0v) is 22.0. The van der Waals surface area contributed by atoms with Gasteiger partial charge in [-0.1, -0.05) is 12.1 Å². The minimum atomic E-state index is -3.85. The maximum Gasteiger partial charge on any atom is 0.244 e. The summed E-state index contributed by atoms with van der Waals surface area (Å²) in [5.74, 6) is 0.630. The Kier molecular flexibility index (Phi) is 8.67. The molecule has 0 saturated heterocycles. The van der Waals surface area contributed by atoms with Gasteiger partial charge in [0.15, 0.2) is 11.5 Å². The minimum absolute atomic E-state index is 0.0848. The zero-order chi connectivity index (χ0) is 26.5. The molecule has 0 spiro atoms. The van der Waals surface area contributed by atoms with Crippen LogP contribution in [-0.2, 0) is 26.2 Å². The molecule has 3 rings (SSSR count). The van der Waals surface area contributed by atoms with E-state index in [4.69, 9.17) is 14.2 Å². The van der Waals surface area contributed by atoms with Gasteiger partial charge < -0.3 is 24.4 Å². The van der Waals surface area contributed by atoms with Crippen molar-refractivity contribution in [3.8, 4) is 17.2 Å². The molecule has 2 aromatic carbocycles. The number of nitrogens with zero attached hydrogens (tertiary/aromatic N) is 2. The van der Waals surface area contributed by atoms with Crippen LogP contribution in [0.15, 0.2) is 42.5 Å². The van der Waals surface area contributed by atoms with Crippen LogP contribution in [0.4, 0.5) is 5.69 Å². The molecule has 0 aliphatic carbocycles. The van der Waals surface area contributed by atoms with Crippen LogP contribution in [0.1, 0.15) is 26.3 Å². The van der Waals surface area contributed by atoms with Crippen molar-refractivity contribution in [2.75, 3.05) is 37.4 Å². The van der Waals surface area contributed by atoms with Gasteiger partial charge in [0.25, 0.3) is 0 Å². The molecule has 2 amide bonds. The number of amides is 2. The fourth-order valence-electron chi connectivity index (χ4n) is 3.76. The Hall–Kier alpha value is -3.47. The molecule has 0 unspecified atom stereocenters. The number of hydrogen-bond acceptors (Lipinski definition) is 7. The summed E-state index contributed by atoms with van der Waals surface area (Å²) < 4.78 is 42.8. The van der Waals surface area contributed by atoms with Crippen molar-refractivity contribution < 1.29 is 32.2 Å². The van der Waals surface area contributed by atoms with Crippen molar-refractivity contribution in [3.05, 3.63) is 48.0 Å². The largest absolute Gasteiger partial charge is 0.497 e. The second kappa shape index (κ2) is 11.5. The van der Waals surface area contributed by atoms with E-state index < -0.39 is 28.5 Å². The molecule has 1 heterocycles. The van der Waals surface area contributed by atoms with Crippen LogP contribution >= 0.6 is 0 Å². The highest BCUT2D eigenvalue weighted by molar-refractivity contribution is 7.92. The highest BCUT2D eigenvalue weighted by Gasteiger charge is 2.31. The Morgan fingerprint density at radius 2 is 1.75 bits per heavy atom. The molecule has 36 heavy (non-hydrogen) atoms. The van der Waals surface area contributed by atoms with Crippen molar-refractivity contribution >= 4 is 27.5 Å². The summed E-state index contributed by atoms with van der Waals surface area (Å²) in [6.07, 6.45) is 1.03. The Bertz CT molecular complexity index is 1200. The monoisotopic (exact) mass is 519 g/mol. The van der Waals surface area contributed by atoms with Gasteiger partial charge in [0.05, 0.1) is 19.1 Å². The molecule has 0 fully saturated rings. The van der Waals surface area contributed by atoms with Gasteiger partial charge in [0.2, 0.25) is 21.8 Å². The summed E-state index contributed by atoms with van der Waals surface area (Å²) in [6.45, 7) is 5.59. The lowest BCUT2D eigenvalue weighted by atomic mass is 10.1. The Balaban J connectivity index is 1.93. The predicted molar refractivity (Wildman–Crippen MR) is 136 cm³/mol. The van der Waals surface area contributed by atoms with E-state index in [1.165, 1.54) is 18.1 Å². The molecular formula is C25H33N3O7S. The number of ether oxygens (including phenoxy) is 3. The highest BCUT2D eigenvalue weighted by Crippen LogP contribution is 2.34. The number of anilines is 1. The van der Waals surface area contributed by atoms with Crippen LogP contribution in [0.5, 0.6) is 17.2 Å². The van der Waals surface area contributed by atoms with Crippen molar-refractivity contribution in [1.82, 2.24) is 10.2 Å². The summed E-state index contributed by atoms with van der Waals surface area (Å²) in [5.41, 5.74) is 0.993. The van der Waals surface area contributed by atoms with Crippen LogP contribution in [0.25, 0.3) is 0 Å². The SMILES string of the molecule is COc1cccc(CN(C(=O)CN(c2ccc3c(c2)OCCO3)S(C)(=O)=O)[C@@H](C)C(=O)NC(C)C)c1. The maximum atomic E-state index is 13.6. The number of fused-ring (bicyclic) bond motifs is 1. The number of benzene rings is 2. The van der Waals surface area contributed by atoms with Gasteiger partial charge in [-0.25, -0.2) is 8.42 Å². The summed E-state index contributed by atoms with van der Waals surface area (Å²) in [7, 11) is -2.31. The first-order chi connectivity index (χ1) is 17.0. The molecule has 196 valence electrons. The number of methoxy groups -OCH3 is 1. The third-order valence-electron chi connectivity index (χ3n) is 5.58. The summed E-state index contributed by atoms with van der Waals surface area (Å²) in [4.78, 5) is 27.8. The number of carbonyl (C=O) groups is 2. The number of rotatable bonds is 10. The first kappa shape index (κ1) is 27.1. The molecule has 2 aromatic rings. The molecular weight excluding hydrogens is 486 g/mol. The van der Waals surface area contributed by atoms with E-state index in [-0.39, 0.29) is 24.2 Å². The lowest BCUT2D eigenvalue weighted by molar-refractivity contribution is -0.139. The first-order valence-electron chi connectivity index (χ1n) is 11.6. The normalized spacial score (nSPS) is 13.6. The van der Waals surface area contributed by atoms with Gasteiger partial charge in [-0.2, -0.15) is 0 Å². The lowest BCUT2D eigenvalue weighted by Gasteiger charge is -2.32. The van der Waals surface area contributed by atoms with Gasteiger partial charge in [0, 0.05) is 18.7 Å². The Morgan fingerprint density at radius 3 is 2.39 bits per heavy atom. The van der Waals surface area contributed by atoms with Crippen LogP contribution < -0.4 is 23.8 Å². The van der Waals surface area contributed by atoms with E-state index in [1.54, 1.807) is 37.3 Å². The summed E-state index contributed by atoms with van der Waals surface area (Å²) in [5, 5.41) is 2.82. The third-order valence-corrected chi connectivity index (χ3v) is 6.72. The molecule has 0 saturated carbocycles. The Labute approximate surface area is 212 Å². The summed E-state index contributed by atoms with van der Waals surface area (Å²) in [6, 6.07) is 10.9. The number of carbonyl (C=O) groups excluding carboxylic acids is 2. The second-order valence-electron chi connectivity index (χ2n) is 8.81. The van der Waals surface area contributed by atoms with Gasteiger partial charge in [-0.05, 0) is 50.6 Å². The van der Waals surface area contributed by atoms with Gasteiger partial charge in [0.1, 0.15) is 31.5 Å². The third kappa shape index (κ3) is 6.81. The maximum absolute atomic E-state index is 13.6. The van der Waals surface area contributed by atoms with Gasteiger partial charge in [-0.3, -0.25) is 13.9 Å². The van der Waals surface area contributed by atoms with Crippen molar-refractivity contribution in [2.24, 2.45) is 0 Å². The van der Waals surface area contributed by atoms with Crippen molar-refractivity contribution in [1.29, 1.82) is 0 Å². The molecule has 1 aliphatic heterocycles. The number of sulfonamides is 1. The van der Waals surface area contributed by atoms with Gasteiger partial charge in [-0.15, -0.1) is 0 Å². The average Bonchev–Trinajstić information content (AvgIpc) is 2.84. The molecule has 0 radical (unpaired) electrons. The fraction of sp³-hybridized carbons (Fsp3) is 0.440. The minimum Gasteiger partial charge on any atom is -0.497 e. The smallest absolute Gasteiger partial charge is 0.244 e. The zero-order valence-electron chi connectivity index (χ0n) is 21.2. The van der Waals surface area contributed by atoms with Crippen LogP contribution in [0.2, 0.25) is 0 Å². The van der Waals surface area contributed by atoms with E-state index in [0.717, 1.165) is 16.1 Å². The van der Waals surface area contributed by atoms with Crippen molar-refractivity contribution in [2.45, 2.75) is 39.4 Å².